The van der Waals surface area contributed by atoms with E-state index in [2.05, 4.69) is 15.2 Å². The molecule has 0 spiro atoms. The van der Waals surface area contributed by atoms with Crippen LogP contribution in [0.5, 0.6) is 0 Å². The maximum atomic E-state index is 14.0. The number of hydrogen-bond donors (Lipinski definition) is 2. The van der Waals surface area contributed by atoms with Crippen molar-refractivity contribution in [2.45, 2.75) is 32.6 Å². The molecule has 3 heterocycles. The molecule has 0 aliphatic carbocycles. The topological polar surface area (TPSA) is 107 Å². The molecule has 0 saturated carbocycles. The van der Waals surface area contributed by atoms with Gasteiger partial charge in [-0.15, -0.1) is 0 Å². The highest BCUT2D eigenvalue weighted by atomic mass is 16.5. The summed E-state index contributed by atoms with van der Waals surface area (Å²) >= 11 is 0. The van der Waals surface area contributed by atoms with Crippen molar-refractivity contribution in [2.24, 2.45) is 5.92 Å². The van der Waals surface area contributed by atoms with Crippen LogP contribution >= 0.6 is 0 Å². The third-order valence-corrected chi connectivity index (χ3v) is 8.23. The van der Waals surface area contributed by atoms with Crippen LogP contribution in [0.1, 0.15) is 29.8 Å². The van der Waals surface area contributed by atoms with Crippen LogP contribution in [-0.2, 0) is 16.1 Å². The lowest BCUT2D eigenvalue weighted by atomic mass is 9.94. The first-order chi connectivity index (χ1) is 20.9. The van der Waals surface area contributed by atoms with Crippen molar-refractivity contribution >= 4 is 23.4 Å². The van der Waals surface area contributed by atoms with E-state index in [0.29, 0.717) is 44.2 Å². The number of aromatic nitrogens is 1. The van der Waals surface area contributed by atoms with Gasteiger partial charge in [0.05, 0.1) is 38.6 Å². The Morgan fingerprint density at radius 1 is 1.09 bits per heavy atom. The molecule has 0 unspecified atom stereocenters. The van der Waals surface area contributed by atoms with Gasteiger partial charge in [0.25, 0.3) is 5.91 Å². The Morgan fingerprint density at radius 2 is 1.79 bits per heavy atom. The molecule has 3 atom stereocenters. The normalized spacial score (nSPS) is 20.0. The van der Waals surface area contributed by atoms with Crippen LogP contribution in [0.4, 0.5) is 16.3 Å². The van der Waals surface area contributed by atoms with Crippen LogP contribution in [-0.4, -0.2) is 97.0 Å². The molecule has 3 amide bonds. The second-order valence-electron chi connectivity index (χ2n) is 11.3. The van der Waals surface area contributed by atoms with Crippen LogP contribution < -0.4 is 10.2 Å². The van der Waals surface area contributed by atoms with Gasteiger partial charge in [0, 0.05) is 62.7 Å². The van der Waals surface area contributed by atoms with Gasteiger partial charge < -0.3 is 34.6 Å². The molecule has 0 bridgehead atoms. The van der Waals surface area contributed by atoms with E-state index in [1.165, 1.54) is 0 Å². The number of amides is 3. The number of carbonyl (C=O) groups is 2. The predicted molar refractivity (Wildman–Crippen MR) is 166 cm³/mol. The van der Waals surface area contributed by atoms with Gasteiger partial charge in [0.2, 0.25) is 0 Å². The Balaban J connectivity index is 1.37. The van der Waals surface area contributed by atoms with Crippen molar-refractivity contribution < 1.29 is 24.2 Å². The molecule has 1 saturated heterocycles. The van der Waals surface area contributed by atoms with Gasteiger partial charge in [0.1, 0.15) is 5.82 Å². The number of benzene rings is 2. The number of nitrogens with zero attached hydrogens (tertiary/aromatic N) is 4. The third-order valence-electron chi connectivity index (χ3n) is 8.23. The van der Waals surface area contributed by atoms with Crippen molar-refractivity contribution in [1.29, 1.82) is 0 Å². The van der Waals surface area contributed by atoms with Crippen molar-refractivity contribution in [1.82, 2.24) is 14.8 Å². The molecule has 1 aromatic heterocycles. The smallest absolute Gasteiger partial charge is 0.321 e. The Morgan fingerprint density at radius 3 is 2.53 bits per heavy atom. The zero-order chi connectivity index (χ0) is 30.3. The number of aliphatic hydroxyl groups is 1. The molecule has 5 rings (SSSR count). The van der Waals surface area contributed by atoms with Gasteiger partial charge in [-0.25, -0.2) is 9.78 Å². The summed E-state index contributed by atoms with van der Waals surface area (Å²) in [6, 6.07) is 18.5. The lowest BCUT2D eigenvalue weighted by molar-refractivity contribution is -0.0178. The first-order valence-corrected chi connectivity index (χ1v) is 14.9. The van der Waals surface area contributed by atoms with Crippen LogP contribution in [0.25, 0.3) is 11.1 Å². The molecule has 1 fully saturated rings. The number of urea groups is 1. The number of nitrogens with one attached hydrogen (secondary N) is 1. The summed E-state index contributed by atoms with van der Waals surface area (Å²) in [5, 5.41) is 13.1. The summed E-state index contributed by atoms with van der Waals surface area (Å²) < 4.78 is 12.0. The average Bonchev–Trinajstić information content (AvgIpc) is 3.06. The molecule has 2 aliphatic rings. The Bertz CT molecular complexity index is 1410. The van der Waals surface area contributed by atoms with Gasteiger partial charge >= 0.3 is 6.03 Å². The summed E-state index contributed by atoms with van der Waals surface area (Å²) in [6.45, 7) is 7.50. The maximum Gasteiger partial charge on any atom is 0.321 e. The second-order valence-corrected chi connectivity index (χ2v) is 11.3. The number of anilines is 2. The number of rotatable bonds is 6. The number of morpholine rings is 1. The summed E-state index contributed by atoms with van der Waals surface area (Å²) in [6.07, 6.45) is 1.31. The lowest BCUT2D eigenvalue weighted by Crippen LogP contribution is -2.48. The fourth-order valence-corrected chi connectivity index (χ4v) is 5.58. The predicted octanol–water partition coefficient (Wildman–Crippen LogP) is 4.11. The van der Waals surface area contributed by atoms with Crippen molar-refractivity contribution in [2.75, 3.05) is 63.3 Å². The highest BCUT2D eigenvalue weighted by Crippen LogP contribution is 2.31. The van der Waals surface area contributed by atoms with E-state index in [4.69, 9.17) is 9.47 Å². The summed E-state index contributed by atoms with van der Waals surface area (Å²) in [5.74, 6) is 0.519. The standard InChI is InChI=1S/C33H41N5O5/c1-23-19-38(24(2)21-39)32(40)29-11-7-6-10-28(29)27-9-5-4-8-25(27)22-43-30(23)20-36(3)33(41)35-26-12-13-34-31(18-26)37-14-16-42-17-15-37/h4-13,18,23-24,30,39H,14-17,19-22H2,1-3H3,(H,34,35,41)/t23-,24+,30+/m1/s1. The highest BCUT2D eigenvalue weighted by Gasteiger charge is 2.31. The van der Waals surface area contributed by atoms with Crippen molar-refractivity contribution in [3.05, 3.63) is 78.0 Å². The number of aliphatic hydroxyl groups excluding tert-OH is 1. The van der Waals surface area contributed by atoms with Crippen molar-refractivity contribution in [3.8, 4) is 11.1 Å². The first-order valence-electron chi connectivity index (χ1n) is 14.9. The first kappa shape index (κ1) is 30.5. The van der Waals surface area contributed by atoms with Crippen LogP contribution in [0.15, 0.2) is 66.9 Å². The van der Waals surface area contributed by atoms with E-state index in [1.54, 1.807) is 29.1 Å². The number of carbonyl (C=O) groups excluding carboxylic acids is 2. The van der Waals surface area contributed by atoms with Crippen LogP contribution in [0.3, 0.4) is 0 Å². The zero-order valence-corrected chi connectivity index (χ0v) is 25.1. The molecule has 43 heavy (non-hydrogen) atoms. The van der Waals surface area contributed by atoms with Crippen LogP contribution in [0, 0.1) is 5.92 Å². The van der Waals surface area contributed by atoms with E-state index in [1.807, 2.05) is 68.4 Å². The Kier molecular flexibility index (Phi) is 9.91. The quantitative estimate of drug-likeness (QED) is 0.447. The monoisotopic (exact) mass is 587 g/mol. The molecule has 10 nitrogen and oxygen atoms in total. The number of hydrogen-bond acceptors (Lipinski definition) is 7. The molecule has 2 aromatic carbocycles. The fourth-order valence-electron chi connectivity index (χ4n) is 5.58. The average molecular weight is 588 g/mol. The summed E-state index contributed by atoms with van der Waals surface area (Å²) in [5.41, 5.74) is 3.97. The molecule has 228 valence electrons. The van der Waals surface area contributed by atoms with Crippen LogP contribution in [0.2, 0.25) is 0 Å². The SMILES string of the molecule is C[C@@H]1CN([C@@H](C)CO)C(=O)c2ccccc2-c2ccccc2CO[C@H]1CN(C)C(=O)Nc1ccnc(N2CCOCC2)c1. The van der Waals surface area contributed by atoms with E-state index in [-0.39, 0.29) is 30.6 Å². The highest BCUT2D eigenvalue weighted by molar-refractivity contribution is 6.01. The molecular formula is C33H41N5O5. The molecule has 0 radical (unpaired) electrons. The molecule has 2 aliphatic heterocycles. The number of fused-ring (bicyclic) bond motifs is 3. The van der Waals surface area contributed by atoms with Crippen molar-refractivity contribution in [3.63, 3.8) is 0 Å². The summed E-state index contributed by atoms with van der Waals surface area (Å²) in [4.78, 5) is 37.3. The van der Waals surface area contributed by atoms with Gasteiger partial charge in [-0.1, -0.05) is 49.4 Å². The summed E-state index contributed by atoms with van der Waals surface area (Å²) in [7, 11) is 1.74. The molecule has 2 N–H and O–H groups in total. The Labute approximate surface area is 253 Å². The Hall–Kier alpha value is -3.99. The fraction of sp³-hybridized carbons (Fsp3) is 0.424. The van der Waals surface area contributed by atoms with Gasteiger partial charge in [-0.05, 0) is 35.7 Å². The third kappa shape index (κ3) is 7.15. The van der Waals surface area contributed by atoms with E-state index in [0.717, 1.165) is 35.6 Å². The maximum absolute atomic E-state index is 14.0. The largest absolute Gasteiger partial charge is 0.394 e. The van der Waals surface area contributed by atoms with Gasteiger partial charge in [0.15, 0.2) is 0 Å². The zero-order valence-electron chi connectivity index (χ0n) is 25.1. The second kappa shape index (κ2) is 14.0. The van der Waals surface area contributed by atoms with E-state index in [9.17, 15) is 14.7 Å². The molecule has 10 heteroatoms. The van der Waals surface area contributed by atoms with E-state index >= 15 is 0 Å². The molecular weight excluding hydrogens is 546 g/mol. The number of ether oxygens (including phenoxy) is 2. The van der Waals surface area contributed by atoms with E-state index < -0.39 is 6.04 Å². The number of pyridine rings is 1. The minimum absolute atomic E-state index is 0.139. The van der Waals surface area contributed by atoms with Gasteiger partial charge in [-0.2, -0.15) is 0 Å². The minimum atomic E-state index is -0.395. The molecule has 3 aromatic rings. The number of likely N-dealkylation sites (N-methyl/N-ethyl adjacent to an activating group) is 1. The van der Waals surface area contributed by atoms with Gasteiger partial charge in [-0.3, -0.25) is 4.79 Å². The minimum Gasteiger partial charge on any atom is -0.394 e. The lowest BCUT2D eigenvalue weighted by Gasteiger charge is -2.35.